The summed E-state index contributed by atoms with van der Waals surface area (Å²) in [4.78, 5) is 10.7. The zero-order chi connectivity index (χ0) is 53.8. The molecular formula is C67H33F3N8. The minimum Gasteiger partial charge on any atom is -0.309 e. The van der Waals surface area contributed by atoms with E-state index in [0.717, 1.165) is 72.1 Å². The van der Waals surface area contributed by atoms with E-state index in [1.165, 1.54) is 12.1 Å². The molecule has 0 saturated heterocycles. The highest BCUT2D eigenvalue weighted by Gasteiger charge is 2.35. The van der Waals surface area contributed by atoms with Crippen molar-refractivity contribution in [1.29, 1.82) is 15.8 Å². The minimum atomic E-state index is -4.92. The number of hydrogen-bond donors (Lipinski definition) is 0. The van der Waals surface area contributed by atoms with E-state index in [0.29, 0.717) is 50.3 Å². The van der Waals surface area contributed by atoms with Crippen LogP contribution in [0.4, 0.5) is 30.2 Å². The van der Waals surface area contributed by atoms with E-state index in [4.69, 9.17) is 19.7 Å². The van der Waals surface area contributed by atoms with E-state index in [2.05, 4.69) is 32.7 Å². The van der Waals surface area contributed by atoms with Gasteiger partial charge < -0.3 is 9.13 Å². The Hall–Kier alpha value is -11.5. The van der Waals surface area contributed by atoms with Crippen LogP contribution in [0.2, 0.25) is 0 Å². The second-order valence-electron chi connectivity index (χ2n) is 18.6. The van der Waals surface area contributed by atoms with E-state index >= 15 is 13.2 Å². The van der Waals surface area contributed by atoms with Gasteiger partial charge in [-0.2, -0.15) is 29.0 Å². The first-order valence-electron chi connectivity index (χ1n) is 24.3. The molecule has 0 amide bonds. The molecule has 78 heavy (non-hydrogen) atoms. The Morgan fingerprint density at radius 2 is 0.744 bits per heavy atom. The molecule has 362 valence electrons. The molecule has 2 aromatic heterocycles. The first-order valence-corrected chi connectivity index (χ1v) is 24.3. The molecule has 0 saturated carbocycles. The Morgan fingerprint density at radius 3 is 1.14 bits per heavy atom. The van der Waals surface area contributed by atoms with Crippen LogP contribution >= 0.6 is 0 Å². The molecule has 0 unspecified atom stereocenters. The van der Waals surface area contributed by atoms with Gasteiger partial charge in [-0.1, -0.05) is 97.1 Å². The van der Waals surface area contributed by atoms with Gasteiger partial charge >= 0.3 is 6.18 Å². The third-order valence-electron chi connectivity index (χ3n) is 14.2. The van der Waals surface area contributed by atoms with Gasteiger partial charge in [0.1, 0.15) is 6.07 Å². The molecule has 2 heterocycles. The van der Waals surface area contributed by atoms with Crippen LogP contribution < -0.4 is 0 Å². The fourth-order valence-electron chi connectivity index (χ4n) is 10.7. The molecule has 12 aromatic rings. The summed E-state index contributed by atoms with van der Waals surface area (Å²) in [6.45, 7) is 23.1. The van der Waals surface area contributed by atoms with Crippen molar-refractivity contribution in [2.75, 3.05) is 0 Å². The fraction of sp³-hybridized carbons (Fsp3) is 0.0149. The van der Waals surface area contributed by atoms with Crippen molar-refractivity contribution in [2.24, 2.45) is 0 Å². The standard InChI is InChI=1S/C67H33F3N8/c1-74-51-14-6-12-44(28-51)48-18-23-62-56(32-48)55-30-46(42-10-4-8-40(26-42)37-71)16-22-61(55)77(62)65-36-59(54-21-20-53(76-3)35-60(54)67(68,69)70)66(34-50(65)39-73)78-63-24-17-47(43-11-5-9-41(27-43)38-72)31-57(63)58-33-49(19-25-64(58)78)45-13-7-15-52(29-45)75-2/h4-36H. The molecular weight excluding hydrogens is 974 g/mol. The predicted molar refractivity (Wildman–Crippen MR) is 300 cm³/mol. The topological polar surface area (TPSA) is 94.3 Å². The monoisotopic (exact) mass is 1010 g/mol. The quantitative estimate of drug-likeness (QED) is 0.149. The Morgan fingerprint density at radius 1 is 0.359 bits per heavy atom. The second kappa shape index (κ2) is 18.8. The lowest BCUT2D eigenvalue weighted by Crippen LogP contribution is -2.09. The summed E-state index contributed by atoms with van der Waals surface area (Å²) in [7, 11) is 0. The third-order valence-corrected chi connectivity index (χ3v) is 14.2. The lowest BCUT2D eigenvalue weighted by molar-refractivity contribution is -0.137. The average Bonchev–Trinajstić information content (AvgIpc) is 4.22. The zero-order valence-corrected chi connectivity index (χ0v) is 40.8. The van der Waals surface area contributed by atoms with Crippen molar-refractivity contribution in [3.63, 3.8) is 0 Å². The van der Waals surface area contributed by atoms with Crippen molar-refractivity contribution in [2.45, 2.75) is 6.18 Å². The first kappa shape index (κ1) is 47.5. The van der Waals surface area contributed by atoms with Crippen LogP contribution in [0.25, 0.3) is 125 Å². The molecule has 12 rings (SSSR count). The van der Waals surface area contributed by atoms with Crippen molar-refractivity contribution in [3.05, 3.63) is 257 Å². The Kier molecular flexibility index (Phi) is 11.4. The molecule has 10 aromatic carbocycles. The van der Waals surface area contributed by atoms with Crippen LogP contribution in [-0.2, 0) is 6.18 Å². The van der Waals surface area contributed by atoms with Gasteiger partial charge in [-0.3, -0.25) is 0 Å². The number of benzene rings is 10. The summed E-state index contributed by atoms with van der Waals surface area (Å²) in [6, 6.07) is 65.9. The number of hydrogen-bond acceptors (Lipinski definition) is 3. The van der Waals surface area contributed by atoms with Crippen LogP contribution in [0.1, 0.15) is 22.3 Å². The van der Waals surface area contributed by atoms with Gasteiger partial charge in [0.25, 0.3) is 0 Å². The van der Waals surface area contributed by atoms with Crippen LogP contribution in [0, 0.1) is 53.7 Å². The van der Waals surface area contributed by atoms with E-state index in [-0.39, 0.29) is 28.1 Å². The molecule has 11 heteroatoms. The van der Waals surface area contributed by atoms with Gasteiger partial charge in [-0.25, -0.2) is 14.5 Å². The molecule has 8 nitrogen and oxygen atoms in total. The third kappa shape index (κ3) is 8.08. The van der Waals surface area contributed by atoms with E-state index in [9.17, 15) is 15.8 Å². The minimum absolute atomic E-state index is 0.124. The average molecular weight is 1010 g/mol. The van der Waals surface area contributed by atoms with Gasteiger partial charge in [0, 0.05) is 27.1 Å². The highest BCUT2D eigenvalue weighted by Crippen LogP contribution is 2.47. The number of halogens is 3. The molecule has 0 aliphatic carbocycles. The fourth-order valence-corrected chi connectivity index (χ4v) is 10.7. The molecule has 0 spiro atoms. The zero-order valence-electron chi connectivity index (χ0n) is 40.8. The number of fused-ring (bicyclic) bond motifs is 6. The second-order valence-corrected chi connectivity index (χ2v) is 18.6. The summed E-state index contributed by atoms with van der Waals surface area (Å²) in [6.07, 6.45) is -4.92. The molecule has 0 aliphatic heterocycles. The van der Waals surface area contributed by atoms with Gasteiger partial charge in [-0.05, 0) is 153 Å². The predicted octanol–water partition coefficient (Wildman–Crippen LogP) is 18.5. The lowest BCUT2D eigenvalue weighted by Gasteiger charge is -2.21. The van der Waals surface area contributed by atoms with Crippen LogP contribution in [-0.4, -0.2) is 9.13 Å². The van der Waals surface area contributed by atoms with Crippen LogP contribution in [0.5, 0.6) is 0 Å². The molecule has 0 N–H and O–H groups in total. The van der Waals surface area contributed by atoms with E-state index in [1.807, 2.05) is 124 Å². The molecule has 0 bridgehead atoms. The van der Waals surface area contributed by atoms with Crippen molar-refractivity contribution < 1.29 is 13.2 Å². The number of nitrogens with zero attached hydrogens (tertiary/aromatic N) is 8. The molecule has 0 atom stereocenters. The number of alkyl halides is 3. The molecule has 0 fully saturated rings. The van der Waals surface area contributed by atoms with Crippen molar-refractivity contribution >= 4 is 60.7 Å². The van der Waals surface area contributed by atoms with Crippen molar-refractivity contribution in [1.82, 2.24) is 9.13 Å². The van der Waals surface area contributed by atoms with E-state index < -0.39 is 11.7 Å². The van der Waals surface area contributed by atoms with Crippen LogP contribution in [0.3, 0.4) is 0 Å². The maximum absolute atomic E-state index is 15.7. The van der Waals surface area contributed by atoms with Crippen LogP contribution in [0.15, 0.2) is 200 Å². The SMILES string of the molecule is [C-]#[N+]c1cccc(-c2ccc3c(c2)c2cc(-c4cccc(C#N)c4)ccc2n3-c2cc(-c3ccc([N+]#[C-])cc3C(F)(F)F)c(-n3c4ccc(-c5cccc(C#N)c5)cc4c4cc(-c5cccc([N+]#[C-])c5)ccc43)cc2C#N)c1. The van der Waals surface area contributed by atoms with Crippen molar-refractivity contribution in [3.8, 4) is 85.2 Å². The summed E-state index contributed by atoms with van der Waals surface area (Å²) < 4.78 is 50.9. The Bertz CT molecular complexity index is 4590. The summed E-state index contributed by atoms with van der Waals surface area (Å²) >= 11 is 0. The summed E-state index contributed by atoms with van der Waals surface area (Å²) in [5, 5.41) is 34.0. The summed E-state index contributed by atoms with van der Waals surface area (Å²) in [5.41, 5.74) is 10.1. The van der Waals surface area contributed by atoms with Gasteiger partial charge in [0.15, 0.2) is 17.1 Å². The lowest BCUT2D eigenvalue weighted by atomic mass is 9.94. The Labute approximate surface area is 444 Å². The van der Waals surface area contributed by atoms with Gasteiger partial charge in [-0.15, -0.1) is 0 Å². The first-order chi connectivity index (χ1) is 38.0. The smallest absolute Gasteiger partial charge is 0.309 e. The Balaban J connectivity index is 1.18. The maximum atomic E-state index is 15.7. The highest BCUT2D eigenvalue weighted by molar-refractivity contribution is 6.14. The maximum Gasteiger partial charge on any atom is 0.415 e. The van der Waals surface area contributed by atoms with Gasteiger partial charge in [0.05, 0.1) is 87.6 Å². The van der Waals surface area contributed by atoms with E-state index in [1.54, 1.807) is 66.7 Å². The van der Waals surface area contributed by atoms with Gasteiger partial charge in [0.2, 0.25) is 0 Å². The normalized spacial score (nSPS) is 11.2. The number of aromatic nitrogens is 2. The number of rotatable bonds is 7. The molecule has 0 aliphatic rings. The summed E-state index contributed by atoms with van der Waals surface area (Å²) in [5.74, 6) is 0. The highest BCUT2D eigenvalue weighted by atomic mass is 19.4. The molecule has 0 radical (unpaired) electrons. The number of nitriles is 3. The largest absolute Gasteiger partial charge is 0.415 e.